The summed E-state index contributed by atoms with van der Waals surface area (Å²) in [5.41, 5.74) is 49.4. The number of nitrogens with zero attached hydrogens (tertiary/aromatic N) is 4. The first kappa shape index (κ1) is 68.1. The smallest absolute Gasteiger partial charge is 0.0815 e. The number of rotatable bonds is 6. The highest BCUT2D eigenvalue weighted by molar-refractivity contribution is 6.03. The fourth-order valence-corrected chi connectivity index (χ4v) is 17.9. The van der Waals surface area contributed by atoms with Crippen molar-refractivity contribution in [3.63, 3.8) is 0 Å². The van der Waals surface area contributed by atoms with Crippen LogP contribution in [-0.2, 0) is 0 Å². The number of hydrogen-bond donors (Lipinski definition) is 4. The molecule has 8 heteroatoms. The van der Waals surface area contributed by atoms with Crippen molar-refractivity contribution in [1.29, 1.82) is 0 Å². The average molecular weight is 1380 g/mol. The van der Waals surface area contributed by atoms with Gasteiger partial charge in [-0.1, -0.05) is 106 Å². The summed E-state index contributed by atoms with van der Waals surface area (Å²) in [5, 5.41) is 0. The molecule has 4 N–H and O–H groups in total. The van der Waals surface area contributed by atoms with Crippen molar-refractivity contribution in [2.45, 2.75) is 125 Å². The lowest BCUT2D eigenvalue weighted by Gasteiger charge is -2.14. The van der Waals surface area contributed by atoms with Gasteiger partial charge in [0.05, 0.1) is 67.7 Å². The summed E-state index contributed by atoms with van der Waals surface area (Å²) in [6.07, 6.45) is 17.3. The molecule has 518 valence electrons. The lowest BCUT2D eigenvalue weighted by atomic mass is 9.92. The largest absolute Gasteiger partial charge is 0.354 e. The Morgan fingerprint density at radius 2 is 0.340 bits per heavy atom. The summed E-state index contributed by atoms with van der Waals surface area (Å²) in [6.45, 7) is 39.5. The molecule has 6 aromatic heterocycles. The van der Waals surface area contributed by atoms with Crippen molar-refractivity contribution >= 4 is 92.7 Å². The maximum Gasteiger partial charge on any atom is 0.0815 e. The van der Waals surface area contributed by atoms with E-state index in [-0.39, 0.29) is 0 Å². The van der Waals surface area contributed by atoms with Crippen LogP contribution in [0, 0.1) is 148 Å². The Hall–Kier alpha value is -12.4. The molecule has 4 aliphatic heterocycles. The Morgan fingerprint density at radius 1 is 0.189 bits per heavy atom. The van der Waals surface area contributed by atoms with Crippen LogP contribution in [0.1, 0.15) is 157 Å². The summed E-state index contributed by atoms with van der Waals surface area (Å²) in [5.74, 6) is 14.2. The van der Waals surface area contributed by atoms with Crippen molar-refractivity contribution < 1.29 is 0 Å². The van der Waals surface area contributed by atoms with Crippen LogP contribution >= 0.6 is 0 Å². The van der Waals surface area contributed by atoms with Gasteiger partial charge in [-0.05, 0) is 346 Å². The van der Waals surface area contributed by atoms with Gasteiger partial charge in [0.2, 0.25) is 0 Å². The predicted octanol–water partition coefficient (Wildman–Crippen LogP) is 24.6. The molecule has 0 atom stereocenters. The van der Waals surface area contributed by atoms with Crippen molar-refractivity contribution in [2.75, 3.05) is 0 Å². The first-order chi connectivity index (χ1) is 50.9. The number of aryl methyl sites for hydroxylation is 18. The summed E-state index contributed by atoms with van der Waals surface area (Å²) in [4.78, 5) is 38.8. The highest BCUT2D eigenvalue weighted by Crippen LogP contribution is 2.45. The van der Waals surface area contributed by atoms with Crippen molar-refractivity contribution in [3.8, 4) is 90.4 Å². The second-order valence-electron chi connectivity index (χ2n) is 30.1. The quantitative estimate of drug-likeness (QED) is 0.124. The van der Waals surface area contributed by atoms with Gasteiger partial charge in [0.1, 0.15) is 0 Å². The molecule has 6 aromatic carbocycles. The summed E-state index contributed by atoms with van der Waals surface area (Å²) in [7, 11) is 0. The molecule has 12 aromatic rings. The van der Waals surface area contributed by atoms with Crippen LogP contribution in [-0.4, -0.2) is 39.9 Å². The molecule has 0 unspecified atom stereocenters. The van der Waals surface area contributed by atoms with Gasteiger partial charge in [-0.3, -0.25) is 0 Å². The van der Waals surface area contributed by atoms with Gasteiger partial charge in [0, 0.05) is 66.5 Å². The molecule has 0 saturated heterocycles. The van der Waals surface area contributed by atoms with Crippen molar-refractivity contribution in [3.05, 3.63) is 278 Å². The second kappa shape index (κ2) is 26.4. The fourth-order valence-electron chi connectivity index (χ4n) is 17.9. The molecule has 16 bridgehead atoms. The van der Waals surface area contributed by atoms with E-state index >= 15 is 0 Å². The van der Waals surface area contributed by atoms with E-state index in [9.17, 15) is 0 Å². The highest BCUT2D eigenvalue weighted by Gasteiger charge is 2.26. The Kier molecular flexibility index (Phi) is 17.0. The normalized spacial score (nSPS) is 12.1. The van der Waals surface area contributed by atoms with Gasteiger partial charge in [-0.15, -0.1) is 0 Å². The zero-order valence-electron chi connectivity index (χ0n) is 64.0. The van der Waals surface area contributed by atoms with Crippen LogP contribution in [0.3, 0.4) is 0 Å². The third-order valence-electron chi connectivity index (χ3n) is 21.5. The maximum atomic E-state index is 5.73. The van der Waals surface area contributed by atoms with E-state index in [4.69, 9.17) is 19.9 Å². The number of H-pyrrole nitrogens is 4. The number of fused-ring (bicyclic) bond motifs is 16. The minimum atomic E-state index is 0.696. The van der Waals surface area contributed by atoms with Gasteiger partial charge in [-0.2, -0.15) is 0 Å². The van der Waals surface area contributed by atoms with Gasteiger partial charge >= 0.3 is 0 Å². The van der Waals surface area contributed by atoms with E-state index in [1.165, 1.54) is 55.6 Å². The molecular weight excluding hydrogens is 1290 g/mol. The maximum absolute atomic E-state index is 5.73. The standard InChI is InChI=1S/C98H86N8/c1-51-39-57(7)87(58(8)40-51)93-75-27-23-71(99-75)69(72-24-28-76(100-72)94(88-59(9)41-52(2)42-60(88)10)80-32-36-84(104-80)97(83-35-31-79(93)103-83)91-65(15)47-55(5)48-66(91)16)21-19-20-22-70-73-25-29-77(101-73)95(89-61(11)43-53(3)44-62(89)12)81-33-37-85(105-81)98(92-67(17)49-56(6)50-68(92)18)86-38-34-82(106-86)96(78-30-26-74(70)102-78)90-63(13)45-54(4)46-64(90)14/h23-50,99,101,104,106H,1-18H3. The lowest BCUT2D eigenvalue weighted by Crippen LogP contribution is -1.96. The van der Waals surface area contributed by atoms with E-state index in [2.05, 4.69) is 338 Å². The van der Waals surface area contributed by atoms with E-state index in [0.29, 0.717) is 22.5 Å². The molecule has 8 nitrogen and oxygen atoms in total. The average Bonchev–Trinajstić information content (AvgIpc) is 1.60. The molecule has 0 amide bonds. The summed E-state index contributed by atoms with van der Waals surface area (Å²) < 4.78 is 0. The fraction of sp³-hybridized carbons (Fsp3) is 0.184. The third kappa shape index (κ3) is 12.0. The highest BCUT2D eigenvalue weighted by atomic mass is 14.8. The Balaban J connectivity index is 0.997. The van der Waals surface area contributed by atoms with E-state index < -0.39 is 0 Å². The molecule has 4 aliphatic rings. The molecule has 0 radical (unpaired) electrons. The monoisotopic (exact) mass is 1370 g/mol. The zero-order chi connectivity index (χ0) is 74.0. The number of nitrogens with one attached hydrogen (secondary N) is 4. The minimum absolute atomic E-state index is 0.696. The van der Waals surface area contributed by atoms with Gasteiger partial charge < -0.3 is 19.9 Å². The Labute approximate surface area is 622 Å². The Bertz CT molecular complexity index is 5900. The number of benzene rings is 6. The molecule has 0 fully saturated rings. The third-order valence-corrected chi connectivity index (χ3v) is 21.5. The lowest BCUT2D eigenvalue weighted by molar-refractivity contribution is 1.27. The van der Waals surface area contributed by atoms with Crippen LogP contribution in [0.4, 0.5) is 0 Å². The molecular formula is C98H86N8. The number of hydrogen-bond acceptors (Lipinski definition) is 4. The molecule has 0 aliphatic carbocycles. The van der Waals surface area contributed by atoms with Gasteiger partial charge in [0.25, 0.3) is 0 Å². The SMILES string of the molecule is Cc1cc(C)c(-c2c3nc(c(-c4c(C)cc(C)cc4C)c4ccc([nH]4)c(-c4c(C)cc(C)cc4C)c4nc(c(C#CC#Cc5c6nc(c(-c7c(C)cc(C)cc7C)c7ccc([nH]7)c(-c7c(C)cc(C)cc7C)c7nc(c(-c8c(C)cc(C)cc8C)c8ccc5[nH]8)C=C7)C=C6)c5ccc2[nH]5)C=C4)C=C3)c(C)c1. The Morgan fingerprint density at radius 3 is 0.528 bits per heavy atom. The van der Waals surface area contributed by atoms with Crippen molar-refractivity contribution in [2.24, 2.45) is 0 Å². The number of aromatic nitrogens is 8. The van der Waals surface area contributed by atoms with Crippen LogP contribution in [0.2, 0.25) is 0 Å². The van der Waals surface area contributed by atoms with Gasteiger partial charge in [0.15, 0.2) is 0 Å². The van der Waals surface area contributed by atoms with Crippen LogP contribution in [0.15, 0.2) is 121 Å². The van der Waals surface area contributed by atoms with Crippen LogP contribution in [0.5, 0.6) is 0 Å². The zero-order valence-corrected chi connectivity index (χ0v) is 64.0. The first-order valence-corrected chi connectivity index (χ1v) is 36.8. The minimum Gasteiger partial charge on any atom is -0.354 e. The molecule has 106 heavy (non-hydrogen) atoms. The topological polar surface area (TPSA) is 115 Å². The molecule has 0 saturated carbocycles. The molecule has 10 heterocycles. The molecule has 0 spiro atoms. The van der Waals surface area contributed by atoms with E-state index in [1.807, 2.05) is 0 Å². The van der Waals surface area contributed by atoms with E-state index in [1.54, 1.807) is 0 Å². The second-order valence-corrected chi connectivity index (χ2v) is 30.1. The predicted molar refractivity (Wildman–Crippen MR) is 449 cm³/mol. The first-order valence-electron chi connectivity index (χ1n) is 36.8. The van der Waals surface area contributed by atoms with Crippen LogP contribution in [0.25, 0.3) is 160 Å². The molecule has 16 rings (SSSR count). The van der Waals surface area contributed by atoms with Crippen LogP contribution < -0.4 is 0 Å². The van der Waals surface area contributed by atoms with Gasteiger partial charge in [-0.25, -0.2) is 19.9 Å². The van der Waals surface area contributed by atoms with E-state index in [0.717, 1.165) is 190 Å². The van der Waals surface area contributed by atoms with Crippen molar-refractivity contribution in [1.82, 2.24) is 39.9 Å². The number of aromatic amines is 4. The summed E-state index contributed by atoms with van der Waals surface area (Å²) >= 11 is 0. The summed E-state index contributed by atoms with van der Waals surface area (Å²) in [6, 6.07) is 44.8.